The standard InChI is InChI=1S/C34H42N2O5/c1-34(2,3)41-33(39)35(4)20-23-14-16-25(17-15-23)31(37)36-21-27-18-26-12-8-9-13-28(26)29(27)19-30(36)32(38)40-22-24-10-6-5-7-11-24/h5-13,23,25,30H,14-22H2,1-4H3/t23?,25?,30-/m0/s1. The lowest BCUT2D eigenvalue weighted by atomic mass is 9.80. The molecule has 1 atom stereocenters. The lowest BCUT2D eigenvalue weighted by Gasteiger charge is -2.39. The molecule has 41 heavy (non-hydrogen) atoms. The lowest BCUT2D eigenvalue weighted by molar-refractivity contribution is -0.158. The second-order valence-corrected chi connectivity index (χ2v) is 12.8. The van der Waals surface area contributed by atoms with Gasteiger partial charge >= 0.3 is 12.1 Å². The maximum atomic E-state index is 14.0. The predicted octanol–water partition coefficient (Wildman–Crippen LogP) is 6.01. The van der Waals surface area contributed by atoms with Crippen molar-refractivity contribution in [2.45, 2.75) is 77.5 Å². The highest BCUT2D eigenvalue weighted by atomic mass is 16.6. The zero-order valence-electron chi connectivity index (χ0n) is 24.7. The van der Waals surface area contributed by atoms with Crippen molar-refractivity contribution in [3.63, 3.8) is 0 Å². The summed E-state index contributed by atoms with van der Waals surface area (Å²) in [6.45, 7) is 6.87. The third-order valence-electron chi connectivity index (χ3n) is 8.52. The highest BCUT2D eigenvalue weighted by molar-refractivity contribution is 5.91. The van der Waals surface area contributed by atoms with Crippen molar-refractivity contribution in [1.82, 2.24) is 9.80 Å². The first-order chi connectivity index (χ1) is 19.6. The van der Waals surface area contributed by atoms with Gasteiger partial charge in [0.05, 0.1) is 0 Å². The van der Waals surface area contributed by atoms with Crippen LogP contribution in [0.1, 0.15) is 69.6 Å². The lowest BCUT2D eigenvalue weighted by Crippen LogP contribution is -2.51. The number of rotatable bonds is 6. The van der Waals surface area contributed by atoms with Gasteiger partial charge in [0.25, 0.3) is 0 Å². The van der Waals surface area contributed by atoms with Crippen LogP contribution in [0.15, 0.2) is 60.2 Å². The fourth-order valence-electron chi connectivity index (χ4n) is 6.42. The average Bonchev–Trinajstić information content (AvgIpc) is 3.32. The minimum absolute atomic E-state index is 0.0492. The molecular formula is C34H42N2O5. The molecule has 2 aromatic carbocycles. The van der Waals surface area contributed by atoms with Gasteiger partial charge in [0.1, 0.15) is 18.2 Å². The van der Waals surface area contributed by atoms with E-state index in [0.717, 1.165) is 37.7 Å². The molecule has 0 radical (unpaired) electrons. The van der Waals surface area contributed by atoms with Crippen molar-refractivity contribution in [2.24, 2.45) is 11.8 Å². The third kappa shape index (κ3) is 6.83. The fraction of sp³-hybridized carbons (Fsp3) is 0.500. The summed E-state index contributed by atoms with van der Waals surface area (Å²) in [6, 6.07) is 17.4. The summed E-state index contributed by atoms with van der Waals surface area (Å²) in [5.74, 6) is -0.101. The van der Waals surface area contributed by atoms with Crippen LogP contribution in [0.3, 0.4) is 0 Å². The summed E-state index contributed by atoms with van der Waals surface area (Å²) in [6.07, 6.45) is 4.22. The average molecular weight is 559 g/mol. The summed E-state index contributed by atoms with van der Waals surface area (Å²) >= 11 is 0. The van der Waals surface area contributed by atoms with Crippen LogP contribution in [0.2, 0.25) is 0 Å². The van der Waals surface area contributed by atoms with Crippen molar-refractivity contribution in [3.05, 3.63) is 76.9 Å². The summed E-state index contributed by atoms with van der Waals surface area (Å²) < 4.78 is 11.3. The molecule has 0 bridgehead atoms. The van der Waals surface area contributed by atoms with Gasteiger partial charge in [-0.3, -0.25) is 4.79 Å². The van der Waals surface area contributed by atoms with Gasteiger partial charge in [0.2, 0.25) is 5.91 Å². The molecule has 0 unspecified atom stereocenters. The second kappa shape index (κ2) is 12.1. The number of fused-ring (bicyclic) bond motifs is 2. The van der Waals surface area contributed by atoms with E-state index in [1.807, 2.05) is 63.2 Å². The van der Waals surface area contributed by atoms with Crippen molar-refractivity contribution >= 4 is 23.5 Å². The number of nitrogens with zero attached hydrogens (tertiary/aromatic N) is 2. The summed E-state index contributed by atoms with van der Waals surface area (Å²) in [5.41, 5.74) is 5.29. The van der Waals surface area contributed by atoms with Crippen LogP contribution in [0.5, 0.6) is 0 Å². The van der Waals surface area contributed by atoms with E-state index >= 15 is 0 Å². The van der Waals surface area contributed by atoms with Crippen LogP contribution in [0, 0.1) is 11.8 Å². The van der Waals surface area contributed by atoms with E-state index in [1.54, 1.807) is 16.8 Å². The number of carbonyl (C=O) groups excluding carboxylic acids is 3. The number of hydrogen-bond donors (Lipinski definition) is 0. The first-order valence-corrected chi connectivity index (χ1v) is 14.8. The summed E-state index contributed by atoms with van der Waals surface area (Å²) in [4.78, 5) is 43.4. The normalized spacial score (nSPS) is 22.0. The van der Waals surface area contributed by atoms with Gasteiger partial charge < -0.3 is 19.3 Å². The van der Waals surface area contributed by atoms with Crippen LogP contribution in [-0.4, -0.2) is 59.5 Å². The number of esters is 1. The zero-order valence-corrected chi connectivity index (χ0v) is 24.7. The number of benzene rings is 2. The third-order valence-corrected chi connectivity index (χ3v) is 8.52. The Morgan fingerprint density at radius 1 is 0.951 bits per heavy atom. The Kier molecular flexibility index (Phi) is 8.52. The number of carbonyl (C=O) groups is 3. The molecule has 0 saturated heterocycles. The molecule has 7 heteroatoms. The fourth-order valence-corrected chi connectivity index (χ4v) is 6.42. The Morgan fingerprint density at radius 2 is 1.63 bits per heavy atom. The topological polar surface area (TPSA) is 76.2 Å². The summed E-state index contributed by atoms with van der Waals surface area (Å²) in [7, 11) is 1.77. The van der Waals surface area contributed by atoms with Gasteiger partial charge in [-0.15, -0.1) is 0 Å². The Balaban J connectivity index is 1.25. The molecule has 218 valence electrons. The van der Waals surface area contributed by atoms with Crippen LogP contribution in [0.25, 0.3) is 5.57 Å². The Morgan fingerprint density at radius 3 is 2.34 bits per heavy atom. The molecule has 2 aliphatic carbocycles. The molecule has 1 fully saturated rings. The molecule has 1 heterocycles. The molecular weight excluding hydrogens is 516 g/mol. The molecule has 0 aromatic heterocycles. The molecule has 0 spiro atoms. The molecule has 2 amide bonds. The van der Waals surface area contributed by atoms with Gasteiger partial charge in [-0.1, -0.05) is 54.6 Å². The van der Waals surface area contributed by atoms with E-state index in [0.29, 0.717) is 25.4 Å². The number of hydrogen-bond acceptors (Lipinski definition) is 5. The summed E-state index contributed by atoms with van der Waals surface area (Å²) in [5, 5.41) is 0. The molecule has 1 saturated carbocycles. The van der Waals surface area contributed by atoms with E-state index in [9.17, 15) is 14.4 Å². The van der Waals surface area contributed by atoms with E-state index in [4.69, 9.17) is 9.47 Å². The highest BCUT2D eigenvalue weighted by Gasteiger charge is 2.42. The largest absolute Gasteiger partial charge is 0.459 e. The van der Waals surface area contributed by atoms with E-state index < -0.39 is 11.6 Å². The zero-order chi connectivity index (χ0) is 29.1. The minimum Gasteiger partial charge on any atom is -0.459 e. The maximum absolute atomic E-state index is 14.0. The number of amides is 2. The molecule has 3 aliphatic rings. The van der Waals surface area contributed by atoms with Crippen molar-refractivity contribution in [2.75, 3.05) is 20.1 Å². The van der Waals surface area contributed by atoms with E-state index in [-0.39, 0.29) is 30.5 Å². The van der Waals surface area contributed by atoms with Crippen molar-refractivity contribution in [3.8, 4) is 0 Å². The molecule has 2 aromatic rings. The van der Waals surface area contributed by atoms with Crippen LogP contribution >= 0.6 is 0 Å². The Bertz CT molecular complexity index is 1300. The smallest absolute Gasteiger partial charge is 0.410 e. The van der Waals surface area contributed by atoms with Gasteiger partial charge in [0, 0.05) is 32.5 Å². The Hall–Kier alpha value is -3.61. The van der Waals surface area contributed by atoms with Crippen molar-refractivity contribution < 1.29 is 23.9 Å². The van der Waals surface area contributed by atoms with Gasteiger partial charge in [-0.05, 0) is 86.6 Å². The van der Waals surface area contributed by atoms with Crippen LogP contribution in [0.4, 0.5) is 4.79 Å². The minimum atomic E-state index is -0.632. The van der Waals surface area contributed by atoms with E-state index in [1.165, 1.54) is 22.3 Å². The highest BCUT2D eigenvalue weighted by Crippen LogP contribution is 2.41. The molecule has 5 rings (SSSR count). The predicted molar refractivity (Wildman–Crippen MR) is 158 cm³/mol. The second-order valence-electron chi connectivity index (χ2n) is 12.8. The maximum Gasteiger partial charge on any atom is 0.410 e. The van der Waals surface area contributed by atoms with E-state index in [2.05, 4.69) is 12.1 Å². The SMILES string of the molecule is CN(CC1CCC(C(=O)N2CC3=C(C[C@H]2C(=O)OCc2ccccc2)c2ccccc2C3)CC1)C(=O)OC(C)(C)C. The molecule has 7 nitrogen and oxygen atoms in total. The Labute approximate surface area is 243 Å². The van der Waals surface area contributed by atoms with Crippen LogP contribution < -0.4 is 0 Å². The first-order valence-electron chi connectivity index (χ1n) is 14.8. The van der Waals surface area contributed by atoms with Gasteiger partial charge in [-0.25, -0.2) is 9.59 Å². The van der Waals surface area contributed by atoms with Crippen molar-refractivity contribution in [1.29, 1.82) is 0 Å². The first kappa shape index (κ1) is 28.9. The van der Waals surface area contributed by atoms with Gasteiger partial charge in [-0.2, -0.15) is 0 Å². The quantitative estimate of drug-likeness (QED) is 0.406. The molecule has 0 N–H and O–H groups in total. The number of ether oxygens (including phenoxy) is 2. The van der Waals surface area contributed by atoms with Crippen LogP contribution in [-0.2, 0) is 32.1 Å². The monoisotopic (exact) mass is 558 g/mol. The molecule has 1 aliphatic heterocycles. The van der Waals surface area contributed by atoms with Gasteiger partial charge in [0.15, 0.2) is 0 Å².